The Bertz CT molecular complexity index is 218. The Labute approximate surface area is 107 Å². The predicted octanol–water partition coefficient (Wildman–Crippen LogP) is 2.03. The van der Waals surface area contributed by atoms with Gasteiger partial charge in [0, 0.05) is 12.6 Å². The molecule has 1 heterocycles. The lowest BCUT2D eigenvalue weighted by molar-refractivity contribution is -0.174. The number of likely N-dealkylation sites (N-methyl/N-ethyl adjacent to an activating group) is 1. The van der Waals surface area contributed by atoms with E-state index in [9.17, 15) is 13.2 Å². The van der Waals surface area contributed by atoms with Gasteiger partial charge >= 0.3 is 6.18 Å². The Morgan fingerprint density at radius 2 is 2.06 bits per heavy atom. The van der Waals surface area contributed by atoms with E-state index < -0.39 is 12.8 Å². The van der Waals surface area contributed by atoms with Crippen molar-refractivity contribution in [3.63, 3.8) is 0 Å². The van der Waals surface area contributed by atoms with E-state index in [0.717, 1.165) is 19.5 Å². The predicted molar refractivity (Wildman–Crippen MR) is 64.6 cm³/mol. The molecule has 18 heavy (non-hydrogen) atoms. The summed E-state index contributed by atoms with van der Waals surface area (Å²) in [5.41, 5.74) is 0. The smallest absolute Gasteiger partial charge is 0.371 e. The highest BCUT2D eigenvalue weighted by molar-refractivity contribution is 4.73. The van der Waals surface area contributed by atoms with Crippen molar-refractivity contribution >= 4 is 0 Å². The minimum absolute atomic E-state index is 0.133. The van der Waals surface area contributed by atoms with E-state index in [4.69, 9.17) is 0 Å². The van der Waals surface area contributed by atoms with Gasteiger partial charge in [0.05, 0.1) is 6.61 Å². The zero-order chi connectivity index (χ0) is 13.4. The fraction of sp³-hybridized carbons (Fsp3) is 1.00. The minimum Gasteiger partial charge on any atom is -0.371 e. The molecule has 1 saturated heterocycles. The average Bonchev–Trinajstić information content (AvgIpc) is 2.32. The molecule has 1 N–H and O–H groups in total. The molecule has 1 unspecified atom stereocenters. The molecule has 3 nitrogen and oxygen atoms in total. The summed E-state index contributed by atoms with van der Waals surface area (Å²) in [5, 5.41) is 3.45. The van der Waals surface area contributed by atoms with Crippen LogP contribution in [-0.4, -0.2) is 57.0 Å². The van der Waals surface area contributed by atoms with Crippen LogP contribution in [0.4, 0.5) is 13.2 Å². The lowest BCUT2D eigenvalue weighted by Gasteiger charge is -2.25. The van der Waals surface area contributed by atoms with Crippen molar-refractivity contribution in [3.8, 4) is 0 Å². The van der Waals surface area contributed by atoms with E-state index in [1.54, 1.807) is 0 Å². The molecule has 1 aliphatic heterocycles. The maximum atomic E-state index is 11.8. The largest absolute Gasteiger partial charge is 0.411 e. The van der Waals surface area contributed by atoms with E-state index in [-0.39, 0.29) is 6.61 Å². The first-order valence-electron chi connectivity index (χ1n) is 6.54. The molecule has 0 aliphatic carbocycles. The summed E-state index contributed by atoms with van der Waals surface area (Å²) >= 11 is 0. The van der Waals surface area contributed by atoms with Crippen molar-refractivity contribution in [2.75, 3.05) is 39.9 Å². The molecular weight excluding hydrogens is 245 g/mol. The third-order valence-electron chi connectivity index (χ3n) is 3.15. The molecule has 6 heteroatoms. The Balaban J connectivity index is 1.98. The van der Waals surface area contributed by atoms with Crippen LogP contribution in [0, 0.1) is 0 Å². The first kappa shape index (κ1) is 15.7. The minimum atomic E-state index is -4.22. The highest BCUT2D eigenvalue weighted by atomic mass is 19.4. The summed E-state index contributed by atoms with van der Waals surface area (Å²) in [4.78, 5) is 2.02. The van der Waals surface area contributed by atoms with Crippen LogP contribution in [0.15, 0.2) is 0 Å². The van der Waals surface area contributed by atoms with Crippen LogP contribution in [0.3, 0.4) is 0 Å². The van der Waals surface area contributed by atoms with Gasteiger partial charge in [-0.15, -0.1) is 0 Å². The van der Waals surface area contributed by atoms with Crippen LogP contribution >= 0.6 is 0 Å². The van der Waals surface area contributed by atoms with Crippen LogP contribution in [0.2, 0.25) is 0 Å². The Morgan fingerprint density at radius 3 is 2.67 bits per heavy atom. The number of hydrogen-bond donors (Lipinski definition) is 1. The van der Waals surface area contributed by atoms with Gasteiger partial charge in [0.15, 0.2) is 0 Å². The molecule has 0 aromatic heterocycles. The maximum absolute atomic E-state index is 11.8. The number of nitrogens with one attached hydrogen (secondary N) is 1. The van der Waals surface area contributed by atoms with Crippen molar-refractivity contribution in [3.05, 3.63) is 0 Å². The van der Waals surface area contributed by atoms with Gasteiger partial charge in [0.1, 0.15) is 6.61 Å². The number of piperidine rings is 1. The average molecular weight is 268 g/mol. The molecule has 0 bridgehead atoms. The molecule has 0 spiro atoms. The molecule has 1 fully saturated rings. The third-order valence-corrected chi connectivity index (χ3v) is 3.15. The van der Waals surface area contributed by atoms with Gasteiger partial charge in [-0.25, -0.2) is 0 Å². The summed E-state index contributed by atoms with van der Waals surface area (Å²) in [6.45, 7) is 1.51. The first-order valence-corrected chi connectivity index (χ1v) is 6.54. The third kappa shape index (κ3) is 7.89. The second kappa shape index (κ2) is 7.96. The fourth-order valence-corrected chi connectivity index (χ4v) is 2.07. The number of halogens is 3. The van der Waals surface area contributed by atoms with Crippen LogP contribution in [0.1, 0.15) is 25.7 Å². The molecule has 1 rings (SSSR count). The number of ether oxygens (including phenoxy) is 1. The summed E-state index contributed by atoms with van der Waals surface area (Å²) in [7, 11) is 1.92. The van der Waals surface area contributed by atoms with E-state index in [2.05, 4.69) is 10.1 Å². The zero-order valence-corrected chi connectivity index (χ0v) is 10.9. The van der Waals surface area contributed by atoms with E-state index >= 15 is 0 Å². The van der Waals surface area contributed by atoms with Crippen molar-refractivity contribution in [1.82, 2.24) is 10.2 Å². The normalized spacial score (nSPS) is 21.5. The second-order valence-electron chi connectivity index (χ2n) is 4.91. The van der Waals surface area contributed by atoms with Gasteiger partial charge in [-0.3, -0.25) is 0 Å². The highest BCUT2D eigenvalue weighted by Gasteiger charge is 2.27. The number of alkyl halides is 3. The molecular formula is C12H23F3N2O. The van der Waals surface area contributed by atoms with Crippen LogP contribution < -0.4 is 5.32 Å². The Morgan fingerprint density at radius 1 is 1.28 bits per heavy atom. The summed E-state index contributed by atoms with van der Waals surface area (Å²) in [6, 6.07) is 0.567. The molecule has 0 aromatic carbocycles. The number of hydrogen-bond acceptors (Lipinski definition) is 3. The molecule has 1 atom stereocenters. The van der Waals surface area contributed by atoms with Crippen molar-refractivity contribution in [2.24, 2.45) is 0 Å². The van der Waals surface area contributed by atoms with Gasteiger partial charge < -0.3 is 15.0 Å². The highest BCUT2D eigenvalue weighted by Crippen LogP contribution is 2.14. The molecule has 1 aliphatic rings. The van der Waals surface area contributed by atoms with Gasteiger partial charge in [-0.2, -0.15) is 13.2 Å². The molecule has 108 valence electrons. The molecule has 0 amide bonds. The summed E-state index contributed by atoms with van der Waals surface area (Å²) in [5.74, 6) is 0. The number of rotatable bonds is 7. The van der Waals surface area contributed by atoms with Crippen molar-refractivity contribution in [2.45, 2.75) is 37.9 Å². The quantitative estimate of drug-likeness (QED) is 0.715. The monoisotopic (exact) mass is 268 g/mol. The zero-order valence-electron chi connectivity index (χ0n) is 10.9. The number of nitrogens with zero attached hydrogens (tertiary/aromatic N) is 1. The SMILES string of the molecule is CN(CCOCC(F)(F)F)CCC1CCCCN1. The van der Waals surface area contributed by atoms with Crippen LogP contribution in [0.5, 0.6) is 0 Å². The lowest BCUT2D eigenvalue weighted by atomic mass is 10.0. The van der Waals surface area contributed by atoms with Crippen molar-refractivity contribution in [1.29, 1.82) is 0 Å². The van der Waals surface area contributed by atoms with Crippen LogP contribution in [-0.2, 0) is 4.74 Å². The van der Waals surface area contributed by atoms with Gasteiger partial charge in [-0.05, 0) is 39.4 Å². The van der Waals surface area contributed by atoms with E-state index in [1.807, 2.05) is 11.9 Å². The maximum Gasteiger partial charge on any atom is 0.411 e. The lowest BCUT2D eigenvalue weighted by Crippen LogP contribution is -2.37. The van der Waals surface area contributed by atoms with Crippen LogP contribution in [0.25, 0.3) is 0 Å². The summed E-state index contributed by atoms with van der Waals surface area (Å²) < 4.78 is 40.1. The van der Waals surface area contributed by atoms with E-state index in [0.29, 0.717) is 12.6 Å². The Kier molecular flexibility index (Phi) is 6.96. The standard InChI is InChI=1S/C12H23F3N2O/c1-17(8-9-18-10-12(13,14)15)7-5-11-4-2-3-6-16-11/h11,16H,2-10H2,1H3. The van der Waals surface area contributed by atoms with Gasteiger partial charge in [-0.1, -0.05) is 6.42 Å². The molecule has 0 aromatic rings. The van der Waals surface area contributed by atoms with E-state index in [1.165, 1.54) is 19.3 Å². The topological polar surface area (TPSA) is 24.5 Å². The second-order valence-corrected chi connectivity index (χ2v) is 4.91. The first-order chi connectivity index (χ1) is 8.47. The Hall–Kier alpha value is -0.330. The fourth-order valence-electron chi connectivity index (χ4n) is 2.07. The molecule has 0 radical (unpaired) electrons. The molecule has 0 saturated carbocycles. The van der Waals surface area contributed by atoms with Crippen molar-refractivity contribution < 1.29 is 17.9 Å². The van der Waals surface area contributed by atoms with Gasteiger partial charge in [0.25, 0.3) is 0 Å². The van der Waals surface area contributed by atoms with Gasteiger partial charge in [0.2, 0.25) is 0 Å². The summed E-state index contributed by atoms with van der Waals surface area (Å²) in [6.07, 6.45) is 0.562.